The Hall–Kier alpha value is -2.12. The Balaban J connectivity index is 2.99. The Morgan fingerprint density at radius 2 is 2.05 bits per heavy atom. The number of likely N-dealkylation sites (N-methyl/N-ethyl adjacent to an activating group) is 1. The van der Waals surface area contributed by atoms with Crippen LogP contribution in [0.1, 0.15) is 26.5 Å². The van der Waals surface area contributed by atoms with Gasteiger partial charge in [0.15, 0.2) is 0 Å². The highest BCUT2D eigenvalue weighted by molar-refractivity contribution is 5.84. The summed E-state index contributed by atoms with van der Waals surface area (Å²) in [5, 5.41) is 18.0. The van der Waals surface area contributed by atoms with Crippen LogP contribution in [0.2, 0.25) is 0 Å². The van der Waals surface area contributed by atoms with E-state index in [1.807, 2.05) is 13.8 Å². The molecule has 8 heteroatoms. The summed E-state index contributed by atoms with van der Waals surface area (Å²) in [6.45, 7) is 8.25. The van der Waals surface area contributed by atoms with Crippen molar-refractivity contribution in [1.82, 2.24) is 14.7 Å². The lowest BCUT2D eigenvalue weighted by atomic mass is 10.2. The molecule has 1 heterocycles. The standard InChI is InChI=1S/C12H21N5O3/c1-6-16(7-2)12(18)9(4)13-11-10(17(19)20)8(3)14-15(11)5/h9,13H,6-7H2,1-5H3. The number of carbonyl (C=O) groups excluding carboxylic acids is 1. The van der Waals surface area contributed by atoms with Gasteiger partial charge in [-0.2, -0.15) is 5.10 Å². The average Bonchev–Trinajstić information content (AvgIpc) is 2.65. The van der Waals surface area contributed by atoms with Gasteiger partial charge in [0, 0.05) is 20.1 Å². The second-order valence-corrected chi connectivity index (χ2v) is 4.54. The second-order valence-electron chi connectivity index (χ2n) is 4.54. The minimum absolute atomic E-state index is 0.0910. The summed E-state index contributed by atoms with van der Waals surface area (Å²) >= 11 is 0. The zero-order chi connectivity index (χ0) is 15.4. The lowest BCUT2D eigenvalue weighted by Gasteiger charge is -2.23. The molecule has 0 aliphatic heterocycles. The maximum absolute atomic E-state index is 12.2. The number of anilines is 1. The molecule has 8 nitrogen and oxygen atoms in total. The molecule has 112 valence electrons. The van der Waals surface area contributed by atoms with E-state index in [4.69, 9.17) is 0 Å². The van der Waals surface area contributed by atoms with Crippen molar-refractivity contribution in [1.29, 1.82) is 0 Å². The zero-order valence-corrected chi connectivity index (χ0v) is 12.5. The SMILES string of the molecule is CCN(CC)C(=O)C(C)Nc1c([N+](=O)[O-])c(C)nn1C. The van der Waals surface area contributed by atoms with E-state index in [1.165, 1.54) is 4.68 Å². The van der Waals surface area contributed by atoms with Crippen LogP contribution in [0.3, 0.4) is 0 Å². The monoisotopic (exact) mass is 283 g/mol. The van der Waals surface area contributed by atoms with Crippen LogP contribution < -0.4 is 5.32 Å². The zero-order valence-electron chi connectivity index (χ0n) is 12.5. The van der Waals surface area contributed by atoms with Gasteiger partial charge in [0.05, 0.1) is 4.92 Å². The van der Waals surface area contributed by atoms with E-state index in [0.717, 1.165) is 0 Å². The highest BCUT2D eigenvalue weighted by atomic mass is 16.6. The van der Waals surface area contributed by atoms with Gasteiger partial charge < -0.3 is 10.2 Å². The first-order chi connectivity index (χ1) is 9.33. The number of amides is 1. The first-order valence-electron chi connectivity index (χ1n) is 6.56. The summed E-state index contributed by atoms with van der Waals surface area (Å²) < 4.78 is 1.39. The predicted molar refractivity (Wildman–Crippen MR) is 75.6 cm³/mol. The normalized spacial score (nSPS) is 12.1. The van der Waals surface area contributed by atoms with E-state index in [9.17, 15) is 14.9 Å². The number of aryl methyl sites for hydroxylation is 2. The van der Waals surface area contributed by atoms with Gasteiger partial charge >= 0.3 is 5.69 Å². The van der Waals surface area contributed by atoms with E-state index in [1.54, 1.807) is 25.8 Å². The number of carbonyl (C=O) groups is 1. The third kappa shape index (κ3) is 3.06. The molecule has 0 aliphatic rings. The number of hydrogen-bond acceptors (Lipinski definition) is 5. The van der Waals surface area contributed by atoms with Gasteiger partial charge in [-0.05, 0) is 27.7 Å². The maximum Gasteiger partial charge on any atom is 0.333 e. The van der Waals surface area contributed by atoms with Gasteiger partial charge in [0.2, 0.25) is 11.7 Å². The van der Waals surface area contributed by atoms with Crippen LogP contribution in [0.4, 0.5) is 11.5 Å². The quantitative estimate of drug-likeness (QED) is 0.627. The Morgan fingerprint density at radius 1 is 1.50 bits per heavy atom. The van der Waals surface area contributed by atoms with Crippen LogP contribution in [0.25, 0.3) is 0 Å². The van der Waals surface area contributed by atoms with Crippen molar-refractivity contribution in [2.24, 2.45) is 7.05 Å². The third-order valence-corrected chi connectivity index (χ3v) is 3.17. The first-order valence-corrected chi connectivity index (χ1v) is 6.56. The minimum atomic E-state index is -0.552. The summed E-state index contributed by atoms with van der Waals surface area (Å²) in [4.78, 5) is 24.4. The van der Waals surface area contributed by atoms with Crippen molar-refractivity contribution in [2.45, 2.75) is 33.7 Å². The molecule has 1 rings (SSSR count). The third-order valence-electron chi connectivity index (χ3n) is 3.17. The molecule has 0 fully saturated rings. The molecule has 1 amide bonds. The molecular weight excluding hydrogens is 262 g/mol. The second kappa shape index (κ2) is 6.36. The lowest BCUT2D eigenvalue weighted by Crippen LogP contribution is -2.41. The summed E-state index contributed by atoms with van der Waals surface area (Å²) in [5.41, 5.74) is 0.231. The molecule has 0 aliphatic carbocycles. The molecule has 20 heavy (non-hydrogen) atoms. The lowest BCUT2D eigenvalue weighted by molar-refractivity contribution is -0.384. The molecule has 1 N–H and O–H groups in total. The van der Waals surface area contributed by atoms with Gasteiger partial charge in [0.25, 0.3) is 0 Å². The van der Waals surface area contributed by atoms with Crippen molar-refractivity contribution in [2.75, 3.05) is 18.4 Å². The number of aromatic nitrogens is 2. The molecule has 1 unspecified atom stereocenters. The molecule has 1 atom stereocenters. The minimum Gasteiger partial charge on any atom is -0.353 e. The molecule has 0 spiro atoms. The molecular formula is C12H21N5O3. The Kier molecular flexibility index (Phi) is 5.06. The summed E-state index contributed by atoms with van der Waals surface area (Å²) in [7, 11) is 1.61. The molecule has 0 radical (unpaired) electrons. The number of nitrogens with one attached hydrogen (secondary N) is 1. The highest BCUT2D eigenvalue weighted by Gasteiger charge is 2.27. The smallest absolute Gasteiger partial charge is 0.333 e. The Bertz CT molecular complexity index is 507. The number of rotatable bonds is 6. The van der Waals surface area contributed by atoms with Crippen molar-refractivity contribution in [3.63, 3.8) is 0 Å². The van der Waals surface area contributed by atoms with Crippen LogP contribution in [0.5, 0.6) is 0 Å². The molecule has 0 aromatic carbocycles. The van der Waals surface area contributed by atoms with Gasteiger partial charge in [-0.1, -0.05) is 0 Å². The van der Waals surface area contributed by atoms with Crippen molar-refractivity contribution >= 4 is 17.4 Å². The highest BCUT2D eigenvalue weighted by Crippen LogP contribution is 2.27. The van der Waals surface area contributed by atoms with Crippen LogP contribution in [-0.4, -0.2) is 44.6 Å². The van der Waals surface area contributed by atoms with E-state index >= 15 is 0 Å². The van der Waals surface area contributed by atoms with E-state index in [-0.39, 0.29) is 17.4 Å². The number of hydrogen-bond donors (Lipinski definition) is 1. The maximum atomic E-state index is 12.2. The first kappa shape index (κ1) is 15.9. The number of nitro groups is 1. The van der Waals surface area contributed by atoms with Crippen molar-refractivity contribution in [3.8, 4) is 0 Å². The van der Waals surface area contributed by atoms with E-state index < -0.39 is 11.0 Å². The van der Waals surface area contributed by atoms with Gasteiger partial charge in [0.1, 0.15) is 11.7 Å². The van der Waals surface area contributed by atoms with Crippen molar-refractivity contribution < 1.29 is 9.72 Å². The summed E-state index contributed by atoms with van der Waals surface area (Å²) in [5.74, 6) is 0.156. The average molecular weight is 283 g/mol. The Morgan fingerprint density at radius 3 is 2.50 bits per heavy atom. The summed E-state index contributed by atoms with van der Waals surface area (Å²) in [6.07, 6.45) is 0. The van der Waals surface area contributed by atoms with Crippen LogP contribution in [0.15, 0.2) is 0 Å². The molecule has 0 saturated heterocycles. The topological polar surface area (TPSA) is 93.3 Å². The number of nitrogens with zero attached hydrogens (tertiary/aromatic N) is 4. The fraction of sp³-hybridized carbons (Fsp3) is 0.667. The summed E-state index contributed by atoms with van der Waals surface area (Å²) in [6, 6.07) is -0.552. The molecule has 0 saturated carbocycles. The van der Waals surface area contributed by atoms with Gasteiger partial charge in [-0.15, -0.1) is 0 Å². The fourth-order valence-corrected chi connectivity index (χ4v) is 2.10. The van der Waals surface area contributed by atoms with Gasteiger partial charge in [-0.25, -0.2) is 4.68 Å². The van der Waals surface area contributed by atoms with Crippen LogP contribution in [0, 0.1) is 17.0 Å². The Labute approximate surface area is 117 Å². The van der Waals surface area contributed by atoms with Gasteiger partial charge in [-0.3, -0.25) is 14.9 Å². The molecule has 0 bridgehead atoms. The van der Waals surface area contributed by atoms with E-state index in [2.05, 4.69) is 10.4 Å². The van der Waals surface area contributed by atoms with Crippen LogP contribution >= 0.6 is 0 Å². The molecule has 1 aromatic heterocycles. The van der Waals surface area contributed by atoms with Crippen molar-refractivity contribution in [3.05, 3.63) is 15.8 Å². The molecule has 1 aromatic rings. The van der Waals surface area contributed by atoms with E-state index in [0.29, 0.717) is 18.8 Å². The van der Waals surface area contributed by atoms with Crippen LogP contribution in [-0.2, 0) is 11.8 Å². The fourth-order valence-electron chi connectivity index (χ4n) is 2.10. The largest absolute Gasteiger partial charge is 0.353 e. The predicted octanol–water partition coefficient (Wildman–Crippen LogP) is 1.31.